The van der Waals surface area contributed by atoms with Crippen molar-refractivity contribution in [3.63, 3.8) is 0 Å². The molecular formula is C19H20ClNO5S. The maximum absolute atomic E-state index is 12.2. The lowest BCUT2D eigenvalue weighted by molar-refractivity contribution is -0.113. The van der Waals surface area contributed by atoms with Crippen molar-refractivity contribution in [3.05, 3.63) is 64.7 Å². The van der Waals surface area contributed by atoms with Crippen LogP contribution in [0.2, 0.25) is 5.02 Å². The molecule has 0 radical (unpaired) electrons. The lowest BCUT2D eigenvalue weighted by Crippen LogP contribution is -2.24. The Morgan fingerprint density at radius 2 is 1.67 bits per heavy atom. The fraction of sp³-hybridized carbons (Fsp3) is 0.263. The smallest absolute Gasteiger partial charge is 0.338 e. The highest BCUT2D eigenvalue weighted by atomic mass is 35.5. The molecule has 1 amide bonds. The number of anilines is 1. The number of rotatable bonds is 8. The van der Waals surface area contributed by atoms with Crippen LogP contribution >= 0.6 is 11.6 Å². The van der Waals surface area contributed by atoms with E-state index in [4.69, 9.17) is 16.3 Å². The summed E-state index contributed by atoms with van der Waals surface area (Å²) in [4.78, 5) is 23.8. The Hall–Kier alpha value is -2.38. The summed E-state index contributed by atoms with van der Waals surface area (Å²) in [5.41, 5.74) is 1.31. The summed E-state index contributed by atoms with van der Waals surface area (Å²) in [6.07, 6.45) is 0.727. The first-order valence-corrected chi connectivity index (χ1v) is 10.5. The summed E-state index contributed by atoms with van der Waals surface area (Å²) in [5, 5.41) is 3.02. The minimum Gasteiger partial charge on any atom is -0.462 e. The van der Waals surface area contributed by atoms with E-state index in [1.807, 2.05) is 6.92 Å². The molecule has 0 atom stereocenters. The number of hydrogen-bond donors (Lipinski definition) is 1. The van der Waals surface area contributed by atoms with Crippen LogP contribution < -0.4 is 5.32 Å². The summed E-state index contributed by atoms with van der Waals surface area (Å²) in [6, 6.07) is 12.5. The number of sulfone groups is 1. The molecule has 6 nitrogen and oxygen atoms in total. The lowest BCUT2D eigenvalue weighted by Gasteiger charge is -2.08. The quantitative estimate of drug-likeness (QED) is 0.674. The molecule has 1 N–H and O–H groups in total. The summed E-state index contributed by atoms with van der Waals surface area (Å²) in [5.74, 6) is -1.99. The summed E-state index contributed by atoms with van der Waals surface area (Å²) < 4.78 is 29.4. The van der Waals surface area contributed by atoms with E-state index in [0.29, 0.717) is 28.4 Å². The third-order valence-corrected chi connectivity index (χ3v) is 5.22. The van der Waals surface area contributed by atoms with Crippen molar-refractivity contribution in [3.8, 4) is 0 Å². The number of hydrogen-bond acceptors (Lipinski definition) is 5. The van der Waals surface area contributed by atoms with Crippen LogP contribution in [0.5, 0.6) is 0 Å². The van der Waals surface area contributed by atoms with Crippen molar-refractivity contribution in [2.45, 2.75) is 19.1 Å². The van der Waals surface area contributed by atoms with E-state index in [2.05, 4.69) is 5.32 Å². The van der Waals surface area contributed by atoms with Crippen LogP contribution in [0.3, 0.4) is 0 Å². The van der Waals surface area contributed by atoms with Gasteiger partial charge in [0, 0.05) is 10.7 Å². The highest BCUT2D eigenvalue weighted by molar-refractivity contribution is 7.91. The molecule has 0 spiro atoms. The molecule has 0 bridgehead atoms. The molecule has 2 aromatic carbocycles. The molecule has 0 aliphatic heterocycles. The molecule has 144 valence electrons. The second kappa shape index (κ2) is 9.53. The van der Waals surface area contributed by atoms with Crippen LogP contribution in [0.15, 0.2) is 48.5 Å². The van der Waals surface area contributed by atoms with Crippen molar-refractivity contribution in [1.29, 1.82) is 0 Å². The zero-order valence-corrected chi connectivity index (χ0v) is 16.3. The minimum absolute atomic E-state index is 0.250. The van der Waals surface area contributed by atoms with Crippen LogP contribution in [0, 0.1) is 0 Å². The number of amides is 1. The van der Waals surface area contributed by atoms with Crippen LogP contribution in [0.1, 0.15) is 29.3 Å². The number of esters is 1. The van der Waals surface area contributed by atoms with Crippen molar-refractivity contribution >= 4 is 39.0 Å². The Labute approximate surface area is 163 Å². The van der Waals surface area contributed by atoms with Crippen LogP contribution in [0.25, 0.3) is 0 Å². The standard InChI is InChI=1S/C19H20ClNO5S/c1-2-11-26-19(23)15-5-9-17(10-6-15)21-18(22)13-27(24,25)12-14-3-7-16(20)8-4-14/h3-10H,2,11-13H2,1H3,(H,21,22). The highest BCUT2D eigenvalue weighted by Crippen LogP contribution is 2.14. The van der Waals surface area contributed by atoms with E-state index in [9.17, 15) is 18.0 Å². The predicted molar refractivity (Wildman–Crippen MR) is 105 cm³/mol. The Morgan fingerprint density at radius 3 is 2.26 bits per heavy atom. The maximum Gasteiger partial charge on any atom is 0.338 e. The van der Waals surface area contributed by atoms with Crippen molar-refractivity contribution < 1.29 is 22.7 Å². The third kappa shape index (κ3) is 7.03. The van der Waals surface area contributed by atoms with Gasteiger partial charge >= 0.3 is 5.97 Å². The molecule has 0 heterocycles. The Morgan fingerprint density at radius 1 is 1.04 bits per heavy atom. The molecule has 27 heavy (non-hydrogen) atoms. The summed E-state index contributed by atoms with van der Waals surface area (Å²) in [7, 11) is -3.63. The van der Waals surface area contributed by atoms with Gasteiger partial charge in [0.05, 0.1) is 17.9 Å². The molecule has 8 heteroatoms. The van der Waals surface area contributed by atoms with Gasteiger partial charge in [0.1, 0.15) is 5.75 Å². The lowest BCUT2D eigenvalue weighted by atomic mass is 10.2. The fourth-order valence-electron chi connectivity index (χ4n) is 2.25. The van der Waals surface area contributed by atoms with Gasteiger partial charge in [0.15, 0.2) is 9.84 Å². The number of halogens is 1. The van der Waals surface area contributed by atoms with Gasteiger partial charge in [-0.3, -0.25) is 4.79 Å². The Balaban J connectivity index is 1.92. The normalized spacial score (nSPS) is 11.0. The van der Waals surface area contributed by atoms with Crippen LogP contribution in [-0.4, -0.2) is 32.7 Å². The first-order valence-electron chi connectivity index (χ1n) is 8.31. The largest absolute Gasteiger partial charge is 0.462 e. The molecule has 0 aromatic heterocycles. The van der Waals surface area contributed by atoms with Gasteiger partial charge < -0.3 is 10.1 Å². The SMILES string of the molecule is CCCOC(=O)c1ccc(NC(=O)CS(=O)(=O)Cc2ccc(Cl)cc2)cc1. The second-order valence-corrected chi connectivity index (χ2v) is 8.42. The second-order valence-electron chi connectivity index (χ2n) is 5.92. The van der Waals surface area contributed by atoms with E-state index in [0.717, 1.165) is 6.42 Å². The highest BCUT2D eigenvalue weighted by Gasteiger charge is 2.18. The zero-order chi connectivity index (χ0) is 19.9. The van der Waals surface area contributed by atoms with E-state index in [-0.39, 0.29) is 5.75 Å². The van der Waals surface area contributed by atoms with E-state index in [1.165, 1.54) is 24.3 Å². The molecule has 2 rings (SSSR count). The summed E-state index contributed by atoms with van der Waals surface area (Å²) >= 11 is 5.77. The number of nitrogens with one attached hydrogen (secondary N) is 1. The topological polar surface area (TPSA) is 89.5 Å². The van der Waals surface area contributed by atoms with Crippen molar-refractivity contribution in [2.75, 3.05) is 17.7 Å². The van der Waals surface area contributed by atoms with Crippen molar-refractivity contribution in [2.24, 2.45) is 0 Å². The zero-order valence-electron chi connectivity index (χ0n) is 14.8. The number of ether oxygens (including phenoxy) is 1. The molecule has 0 saturated carbocycles. The first kappa shape index (κ1) is 20.9. The van der Waals surface area contributed by atoms with Gasteiger partial charge in [-0.2, -0.15) is 0 Å². The average molecular weight is 410 g/mol. The number of benzene rings is 2. The van der Waals surface area contributed by atoms with E-state index < -0.39 is 27.5 Å². The molecule has 0 saturated heterocycles. The van der Waals surface area contributed by atoms with E-state index in [1.54, 1.807) is 24.3 Å². The van der Waals surface area contributed by atoms with Gasteiger partial charge in [-0.25, -0.2) is 13.2 Å². The fourth-order valence-corrected chi connectivity index (χ4v) is 3.65. The first-order chi connectivity index (χ1) is 12.8. The number of carbonyl (C=O) groups is 2. The molecule has 0 fully saturated rings. The predicted octanol–water partition coefficient (Wildman–Crippen LogP) is 3.46. The van der Waals surface area contributed by atoms with Gasteiger partial charge in [0.2, 0.25) is 5.91 Å². The van der Waals surface area contributed by atoms with Crippen LogP contribution in [0.4, 0.5) is 5.69 Å². The molecule has 2 aromatic rings. The summed E-state index contributed by atoms with van der Waals surface area (Å²) in [6.45, 7) is 2.23. The molecule has 0 aliphatic carbocycles. The monoisotopic (exact) mass is 409 g/mol. The van der Waals surface area contributed by atoms with Crippen molar-refractivity contribution in [1.82, 2.24) is 0 Å². The molecule has 0 unspecified atom stereocenters. The average Bonchev–Trinajstić information content (AvgIpc) is 2.61. The molecule has 0 aliphatic rings. The van der Waals surface area contributed by atoms with Gasteiger partial charge in [-0.1, -0.05) is 30.7 Å². The minimum atomic E-state index is -3.63. The Bertz CT molecular complexity index is 893. The maximum atomic E-state index is 12.2. The van der Waals surface area contributed by atoms with Gasteiger partial charge in [0.25, 0.3) is 0 Å². The van der Waals surface area contributed by atoms with Gasteiger partial charge in [-0.15, -0.1) is 0 Å². The molecular weight excluding hydrogens is 390 g/mol. The van der Waals surface area contributed by atoms with Gasteiger partial charge in [-0.05, 0) is 48.4 Å². The number of carbonyl (C=O) groups excluding carboxylic acids is 2. The van der Waals surface area contributed by atoms with Crippen LogP contribution in [-0.2, 0) is 25.1 Å². The van der Waals surface area contributed by atoms with E-state index >= 15 is 0 Å². The Kier molecular flexibility index (Phi) is 7.38. The third-order valence-electron chi connectivity index (χ3n) is 3.49.